The largest absolute Gasteiger partial charge is 0.508 e. The minimum Gasteiger partial charge on any atom is -0.508 e. The van der Waals surface area contributed by atoms with Gasteiger partial charge in [-0.3, -0.25) is 9.44 Å². The van der Waals surface area contributed by atoms with Gasteiger partial charge in [0.1, 0.15) is 22.9 Å². The van der Waals surface area contributed by atoms with E-state index >= 15 is 0 Å². The Morgan fingerprint density at radius 1 is 0.525 bits per heavy atom. The Morgan fingerprint density at radius 3 is 1.27 bits per heavy atom. The molecule has 0 amide bonds. The van der Waals surface area contributed by atoms with Gasteiger partial charge in [-0.1, -0.05) is 34.6 Å². The van der Waals surface area contributed by atoms with E-state index in [4.69, 9.17) is 0 Å². The number of hydrogen-bond acceptors (Lipinski definition) is 10. The van der Waals surface area contributed by atoms with E-state index in [-0.39, 0.29) is 66.3 Å². The van der Waals surface area contributed by atoms with E-state index in [0.29, 0.717) is 0 Å². The number of fused-ring (bicyclic) bond motifs is 2. The molecule has 0 spiro atoms. The van der Waals surface area contributed by atoms with Crippen LogP contribution in [-0.4, -0.2) is 48.9 Å². The molecule has 1 aliphatic carbocycles. The molecule has 0 aromatic heterocycles. The van der Waals surface area contributed by atoms with Crippen LogP contribution < -0.4 is 9.44 Å². The molecule has 40 heavy (non-hydrogen) atoms. The van der Waals surface area contributed by atoms with Crippen molar-refractivity contribution >= 4 is 42.8 Å². The molecule has 14 heteroatoms. The van der Waals surface area contributed by atoms with Gasteiger partial charge in [-0.25, -0.2) is 16.8 Å². The van der Waals surface area contributed by atoms with Gasteiger partial charge in [0, 0.05) is 34.4 Å². The first-order valence-corrected chi connectivity index (χ1v) is 14.4. The third-order valence-corrected chi connectivity index (χ3v) is 8.78. The second-order valence-corrected chi connectivity index (χ2v) is 12.0. The monoisotopic (exact) mass is 580 g/mol. The van der Waals surface area contributed by atoms with E-state index < -0.39 is 20.0 Å². The van der Waals surface area contributed by atoms with E-state index in [1.54, 1.807) is 0 Å². The van der Waals surface area contributed by atoms with Gasteiger partial charge in [-0.15, -0.1) is 0 Å². The van der Waals surface area contributed by atoms with Crippen LogP contribution >= 0.6 is 0 Å². The number of nitrogens with zero attached hydrogens (tertiary/aromatic N) is 2. The average Bonchev–Trinajstić information content (AvgIpc) is 2.90. The van der Waals surface area contributed by atoms with Crippen LogP contribution in [0.1, 0.15) is 22.3 Å². The first-order chi connectivity index (χ1) is 19.0. The van der Waals surface area contributed by atoms with E-state index in [9.17, 15) is 37.5 Å². The van der Waals surface area contributed by atoms with Crippen molar-refractivity contribution in [2.45, 2.75) is 9.79 Å². The van der Waals surface area contributed by atoms with Crippen LogP contribution in [0.5, 0.6) is 11.5 Å². The van der Waals surface area contributed by atoms with Crippen LogP contribution in [0.3, 0.4) is 0 Å². The summed E-state index contributed by atoms with van der Waals surface area (Å²) in [6, 6.07) is 18.6. The standard InChI is InChI=1S/C26H20N4O8S2/c31-17-5-1-3-15(11-17)29-39(35,36)19-7-9-21-23(13-19)25(27-33)22-10-8-20(14-24(22)26(21)28-34)40(37,38)30-16-4-2-6-18(32)12-16/h1-14,29-34H/b27-25-,28-26-. The summed E-state index contributed by atoms with van der Waals surface area (Å²) in [5.41, 5.74) is 0.623. The number of hydrogen-bond donors (Lipinski definition) is 6. The van der Waals surface area contributed by atoms with Crippen LogP contribution in [0.2, 0.25) is 0 Å². The Bertz CT molecular complexity index is 1800. The Labute approximate surface area is 228 Å². The number of phenolic OH excluding ortho intramolecular Hbond substituents is 2. The molecule has 0 saturated heterocycles. The van der Waals surface area contributed by atoms with Gasteiger partial charge in [0.2, 0.25) is 0 Å². The van der Waals surface area contributed by atoms with Crippen molar-refractivity contribution < 1.29 is 37.5 Å². The lowest BCUT2D eigenvalue weighted by Gasteiger charge is -2.23. The molecule has 4 aromatic carbocycles. The third-order valence-electron chi connectivity index (χ3n) is 6.02. The maximum Gasteiger partial charge on any atom is 0.261 e. The van der Waals surface area contributed by atoms with Crippen LogP contribution in [0.25, 0.3) is 0 Å². The lowest BCUT2D eigenvalue weighted by molar-refractivity contribution is 0.318. The van der Waals surface area contributed by atoms with E-state index in [1.807, 2.05) is 0 Å². The smallest absolute Gasteiger partial charge is 0.261 e. The number of rotatable bonds is 6. The summed E-state index contributed by atoms with van der Waals surface area (Å²) in [7, 11) is -8.32. The number of sulfonamides is 2. The third kappa shape index (κ3) is 4.88. The summed E-state index contributed by atoms with van der Waals surface area (Å²) in [6.45, 7) is 0. The molecule has 6 N–H and O–H groups in total. The summed E-state index contributed by atoms with van der Waals surface area (Å²) in [5.74, 6) is -0.279. The molecule has 0 bridgehead atoms. The highest BCUT2D eigenvalue weighted by Crippen LogP contribution is 2.33. The van der Waals surface area contributed by atoms with Gasteiger partial charge in [0.05, 0.1) is 21.2 Å². The zero-order valence-corrected chi connectivity index (χ0v) is 21.8. The Hall–Kier alpha value is -5.08. The molecule has 0 aliphatic heterocycles. The van der Waals surface area contributed by atoms with Gasteiger partial charge in [0.25, 0.3) is 20.0 Å². The van der Waals surface area contributed by atoms with Crippen molar-refractivity contribution in [2.24, 2.45) is 10.3 Å². The minimum absolute atomic E-state index is 0.0864. The predicted molar refractivity (Wildman–Crippen MR) is 146 cm³/mol. The number of anilines is 2. The van der Waals surface area contributed by atoms with E-state index in [0.717, 1.165) is 0 Å². The zero-order chi connectivity index (χ0) is 28.7. The van der Waals surface area contributed by atoms with Crippen LogP contribution in [0, 0.1) is 0 Å². The van der Waals surface area contributed by atoms with Gasteiger partial charge >= 0.3 is 0 Å². The highest BCUT2D eigenvalue weighted by atomic mass is 32.2. The summed E-state index contributed by atoms with van der Waals surface area (Å²) < 4.78 is 56.9. The summed E-state index contributed by atoms with van der Waals surface area (Å²) in [5, 5.41) is 45.7. The van der Waals surface area contributed by atoms with Crippen LogP contribution in [0.15, 0.2) is 105 Å². The predicted octanol–water partition coefficient (Wildman–Crippen LogP) is 3.47. The molecule has 204 valence electrons. The molecular formula is C26H20N4O8S2. The van der Waals surface area contributed by atoms with Gasteiger partial charge < -0.3 is 20.6 Å². The van der Waals surface area contributed by atoms with Crippen molar-refractivity contribution in [3.05, 3.63) is 107 Å². The number of oxime groups is 2. The number of phenols is 2. The zero-order valence-electron chi connectivity index (χ0n) is 20.2. The van der Waals surface area contributed by atoms with Crippen molar-refractivity contribution in [1.82, 2.24) is 0 Å². The van der Waals surface area contributed by atoms with Crippen molar-refractivity contribution in [3.8, 4) is 11.5 Å². The Morgan fingerprint density at radius 2 is 0.925 bits per heavy atom. The summed E-state index contributed by atoms with van der Waals surface area (Å²) in [6.07, 6.45) is 0. The van der Waals surface area contributed by atoms with E-state index in [1.165, 1.54) is 84.9 Å². The molecule has 5 rings (SSSR count). The fourth-order valence-electron chi connectivity index (χ4n) is 4.26. The van der Waals surface area contributed by atoms with Crippen molar-refractivity contribution in [2.75, 3.05) is 9.44 Å². The van der Waals surface area contributed by atoms with Gasteiger partial charge in [0.15, 0.2) is 0 Å². The molecule has 0 fully saturated rings. The minimum atomic E-state index is -4.16. The quantitative estimate of drug-likeness (QED) is 0.130. The van der Waals surface area contributed by atoms with Crippen molar-refractivity contribution in [3.63, 3.8) is 0 Å². The normalized spacial score (nSPS) is 14.9. The first-order valence-electron chi connectivity index (χ1n) is 11.4. The summed E-state index contributed by atoms with van der Waals surface area (Å²) >= 11 is 0. The fraction of sp³-hybridized carbons (Fsp3) is 0. The Kier molecular flexibility index (Phi) is 6.57. The molecule has 12 nitrogen and oxygen atoms in total. The average molecular weight is 581 g/mol. The molecule has 0 unspecified atom stereocenters. The highest BCUT2D eigenvalue weighted by Gasteiger charge is 2.31. The van der Waals surface area contributed by atoms with Crippen molar-refractivity contribution in [1.29, 1.82) is 0 Å². The fourth-order valence-corrected chi connectivity index (χ4v) is 6.41. The molecule has 0 radical (unpaired) electrons. The van der Waals surface area contributed by atoms with Gasteiger partial charge in [-0.2, -0.15) is 0 Å². The van der Waals surface area contributed by atoms with E-state index in [2.05, 4.69) is 19.8 Å². The molecule has 0 heterocycles. The Balaban J connectivity index is 1.55. The molecule has 4 aromatic rings. The highest BCUT2D eigenvalue weighted by molar-refractivity contribution is 7.93. The van der Waals surface area contributed by atoms with Crippen LogP contribution in [-0.2, 0) is 20.0 Å². The second-order valence-electron chi connectivity index (χ2n) is 8.62. The molecule has 0 atom stereocenters. The number of nitrogens with one attached hydrogen (secondary N) is 2. The molecule has 1 aliphatic rings. The summed E-state index contributed by atoms with van der Waals surface area (Å²) in [4.78, 5) is -0.433. The SMILES string of the molecule is O=S(=O)(Nc1cccc(O)c1)c1ccc2c(c1)/C(=N\O)c1ccc(S(=O)(=O)Nc3cccc(O)c3)cc1/C2=N\O. The van der Waals surface area contributed by atoms with Crippen LogP contribution in [0.4, 0.5) is 11.4 Å². The number of benzene rings is 4. The maximum atomic E-state index is 13.1. The maximum absolute atomic E-state index is 13.1. The topological polar surface area (TPSA) is 198 Å². The first kappa shape index (κ1) is 26.5. The van der Waals surface area contributed by atoms with Gasteiger partial charge in [-0.05, 0) is 48.5 Å². The lowest BCUT2D eigenvalue weighted by Crippen LogP contribution is -2.24. The number of aromatic hydroxyl groups is 2. The second kappa shape index (κ2) is 9.91. The molecule has 0 saturated carbocycles. The lowest BCUT2D eigenvalue weighted by atomic mass is 9.83. The molecular weight excluding hydrogens is 560 g/mol.